The van der Waals surface area contributed by atoms with E-state index in [2.05, 4.69) is 70.5 Å². The first-order valence-electron chi connectivity index (χ1n) is 7.89. The molecule has 0 unspecified atom stereocenters. The number of aryl methyl sites for hydroxylation is 1. The molecule has 0 aliphatic carbocycles. The molecular formula is C18H31N3. The maximum atomic E-state index is 4.79. The summed E-state index contributed by atoms with van der Waals surface area (Å²) in [6.45, 7) is 18.7. The average molecular weight is 289 g/mol. The lowest BCUT2D eigenvalue weighted by Crippen LogP contribution is -2.35. The van der Waals surface area contributed by atoms with E-state index < -0.39 is 0 Å². The third kappa shape index (κ3) is 5.88. The highest BCUT2D eigenvalue weighted by molar-refractivity contribution is 5.44. The van der Waals surface area contributed by atoms with Crippen molar-refractivity contribution >= 4 is 5.82 Å². The number of pyridine rings is 1. The van der Waals surface area contributed by atoms with E-state index in [1.807, 2.05) is 6.08 Å². The lowest BCUT2D eigenvalue weighted by molar-refractivity contribution is 0.424. The molecule has 0 saturated carbocycles. The van der Waals surface area contributed by atoms with Gasteiger partial charge in [0, 0.05) is 30.4 Å². The van der Waals surface area contributed by atoms with Gasteiger partial charge in [-0.2, -0.15) is 0 Å². The average Bonchev–Trinajstić information content (AvgIpc) is 2.41. The van der Waals surface area contributed by atoms with Crippen molar-refractivity contribution in [1.29, 1.82) is 0 Å². The minimum Gasteiger partial charge on any atom is -0.350 e. The van der Waals surface area contributed by atoms with Crippen molar-refractivity contribution in [1.82, 2.24) is 10.3 Å². The van der Waals surface area contributed by atoms with Crippen LogP contribution in [0.3, 0.4) is 0 Å². The van der Waals surface area contributed by atoms with Gasteiger partial charge in [-0.3, -0.25) is 0 Å². The van der Waals surface area contributed by atoms with E-state index in [-0.39, 0.29) is 5.54 Å². The third-order valence-electron chi connectivity index (χ3n) is 3.35. The molecule has 3 nitrogen and oxygen atoms in total. The van der Waals surface area contributed by atoms with Crippen LogP contribution in [-0.4, -0.2) is 23.1 Å². The van der Waals surface area contributed by atoms with E-state index in [4.69, 9.17) is 4.98 Å². The summed E-state index contributed by atoms with van der Waals surface area (Å²) in [5.41, 5.74) is 2.56. The summed E-state index contributed by atoms with van der Waals surface area (Å²) in [7, 11) is 0. The number of nitrogens with one attached hydrogen (secondary N) is 1. The molecule has 21 heavy (non-hydrogen) atoms. The van der Waals surface area contributed by atoms with Crippen LogP contribution in [0.1, 0.15) is 52.8 Å². The van der Waals surface area contributed by atoms with E-state index in [0.29, 0.717) is 6.04 Å². The molecule has 0 saturated heterocycles. The molecule has 0 bridgehead atoms. The van der Waals surface area contributed by atoms with Gasteiger partial charge in [0.2, 0.25) is 0 Å². The number of nitrogens with zero attached hydrogens (tertiary/aromatic N) is 2. The SMILES string of the molecule is C=CCN(c1cc(CNC(C)(C)C)cc(CC)n1)C(C)C. The Morgan fingerprint density at radius 1 is 1.33 bits per heavy atom. The van der Waals surface area contributed by atoms with Gasteiger partial charge < -0.3 is 10.2 Å². The molecule has 1 aromatic heterocycles. The van der Waals surface area contributed by atoms with Gasteiger partial charge in [0.15, 0.2) is 0 Å². The molecule has 1 aromatic rings. The van der Waals surface area contributed by atoms with Gasteiger partial charge in [-0.1, -0.05) is 13.0 Å². The molecule has 1 N–H and O–H groups in total. The highest BCUT2D eigenvalue weighted by atomic mass is 15.2. The fourth-order valence-electron chi connectivity index (χ4n) is 2.14. The monoisotopic (exact) mass is 289 g/mol. The first kappa shape index (κ1) is 17.7. The summed E-state index contributed by atoms with van der Waals surface area (Å²) in [6.07, 6.45) is 2.89. The van der Waals surface area contributed by atoms with Gasteiger partial charge in [-0.15, -0.1) is 6.58 Å². The summed E-state index contributed by atoms with van der Waals surface area (Å²) in [6, 6.07) is 4.81. The van der Waals surface area contributed by atoms with E-state index in [0.717, 1.165) is 31.0 Å². The van der Waals surface area contributed by atoms with Gasteiger partial charge in [-0.05, 0) is 58.7 Å². The molecule has 0 atom stereocenters. The van der Waals surface area contributed by atoms with Crippen molar-refractivity contribution in [3.8, 4) is 0 Å². The Kier molecular flexibility index (Phi) is 6.41. The summed E-state index contributed by atoms with van der Waals surface area (Å²) >= 11 is 0. The highest BCUT2D eigenvalue weighted by Gasteiger charge is 2.14. The molecule has 3 heteroatoms. The molecule has 1 rings (SSSR count). The van der Waals surface area contributed by atoms with E-state index in [9.17, 15) is 0 Å². The van der Waals surface area contributed by atoms with E-state index >= 15 is 0 Å². The quantitative estimate of drug-likeness (QED) is 0.771. The summed E-state index contributed by atoms with van der Waals surface area (Å²) in [4.78, 5) is 7.07. The first-order chi connectivity index (χ1) is 9.76. The number of hydrogen-bond donors (Lipinski definition) is 1. The first-order valence-corrected chi connectivity index (χ1v) is 7.89. The van der Waals surface area contributed by atoms with Crippen molar-refractivity contribution in [3.63, 3.8) is 0 Å². The van der Waals surface area contributed by atoms with Gasteiger partial charge in [0.25, 0.3) is 0 Å². The van der Waals surface area contributed by atoms with Crippen LogP contribution in [0.2, 0.25) is 0 Å². The van der Waals surface area contributed by atoms with Crippen LogP contribution in [0.15, 0.2) is 24.8 Å². The Balaban J connectivity index is 3.05. The van der Waals surface area contributed by atoms with E-state index in [1.165, 1.54) is 5.56 Å². The van der Waals surface area contributed by atoms with Crippen molar-refractivity contribution in [2.75, 3.05) is 11.4 Å². The van der Waals surface area contributed by atoms with Gasteiger partial charge in [-0.25, -0.2) is 4.98 Å². The summed E-state index contributed by atoms with van der Waals surface area (Å²) in [5.74, 6) is 1.05. The van der Waals surface area contributed by atoms with Crippen molar-refractivity contribution in [2.24, 2.45) is 0 Å². The molecule has 0 aromatic carbocycles. The van der Waals surface area contributed by atoms with Crippen LogP contribution in [0.4, 0.5) is 5.82 Å². The fraction of sp³-hybridized carbons (Fsp3) is 0.611. The van der Waals surface area contributed by atoms with Crippen LogP contribution in [0.5, 0.6) is 0 Å². The normalized spacial score (nSPS) is 11.8. The number of hydrogen-bond acceptors (Lipinski definition) is 3. The second-order valence-corrected chi connectivity index (χ2v) is 6.82. The van der Waals surface area contributed by atoms with Crippen LogP contribution in [-0.2, 0) is 13.0 Å². The zero-order valence-corrected chi connectivity index (χ0v) is 14.5. The number of aromatic nitrogens is 1. The van der Waals surface area contributed by atoms with Gasteiger partial charge >= 0.3 is 0 Å². The lowest BCUT2D eigenvalue weighted by atomic mass is 10.1. The molecular weight excluding hydrogens is 258 g/mol. The molecule has 0 fully saturated rings. The standard InChI is InChI=1S/C18H31N3/c1-8-10-21(14(3)4)17-12-15(11-16(9-2)20-17)13-19-18(5,6)7/h8,11-12,14,19H,1,9-10,13H2,2-7H3. The Morgan fingerprint density at radius 3 is 2.48 bits per heavy atom. The van der Waals surface area contributed by atoms with Crippen molar-refractivity contribution < 1.29 is 0 Å². The second kappa shape index (κ2) is 7.60. The molecule has 1 heterocycles. The summed E-state index contributed by atoms with van der Waals surface area (Å²) < 4.78 is 0. The second-order valence-electron chi connectivity index (χ2n) is 6.82. The molecule has 0 amide bonds. The summed E-state index contributed by atoms with van der Waals surface area (Å²) in [5, 5.41) is 3.55. The lowest BCUT2D eigenvalue weighted by Gasteiger charge is -2.28. The molecule has 0 aliphatic rings. The van der Waals surface area contributed by atoms with Crippen molar-refractivity contribution in [3.05, 3.63) is 36.0 Å². The fourth-order valence-corrected chi connectivity index (χ4v) is 2.14. The topological polar surface area (TPSA) is 28.2 Å². The third-order valence-corrected chi connectivity index (χ3v) is 3.35. The Labute approximate surface area is 130 Å². The van der Waals surface area contributed by atoms with Crippen LogP contribution >= 0.6 is 0 Å². The predicted molar refractivity (Wildman–Crippen MR) is 92.9 cm³/mol. The molecule has 118 valence electrons. The zero-order valence-electron chi connectivity index (χ0n) is 14.5. The Hall–Kier alpha value is -1.35. The minimum atomic E-state index is 0.120. The number of rotatable bonds is 7. The minimum absolute atomic E-state index is 0.120. The van der Waals surface area contributed by atoms with Gasteiger partial charge in [0.1, 0.15) is 5.82 Å². The number of anilines is 1. The Morgan fingerprint density at radius 2 is 2.00 bits per heavy atom. The van der Waals surface area contributed by atoms with Crippen molar-refractivity contribution in [2.45, 2.75) is 66.1 Å². The van der Waals surface area contributed by atoms with E-state index in [1.54, 1.807) is 0 Å². The predicted octanol–water partition coefficient (Wildman–Crippen LogP) is 3.93. The smallest absolute Gasteiger partial charge is 0.129 e. The van der Waals surface area contributed by atoms with Crippen LogP contribution in [0, 0.1) is 0 Å². The maximum absolute atomic E-state index is 4.79. The largest absolute Gasteiger partial charge is 0.350 e. The molecule has 0 spiro atoms. The maximum Gasteiger partial charge on any atom is 0.129 e. The van der Waals surface area contributed by atoms with Gasteiger partial charge in [0.05, 0.1) is 0 Å². The van der Waals surface area contributed by atoms with Crippen LogP contribution < -0.4 is 10.2 Å². The Bertz CT molecular complexity index is 458. The molecule has 0 radical (unpaired) electrons. The molecule has 0 aliphatic heterocycles. The zero-order chi connectivity index (χ0) is 16.0. The van der Waals surface area contributed by atoms with Crippen LogP contribution in [0.25, 0.3) is 0 Å². The highest BCUT2D eigenvalue weighted by Crippen LogP contribution is 2.19.